The number of pyridine rings is 1. The third-order valence-corrected chi connectivity index (χ3v) is 6.58. The van der Waals surface area contributed by atoms with Gasteiger partial charge >= 0.3 is 0 Å². The lowest BCUT2D eigenvalue weighted by Crippen LogP contribution is -2.04. The van der Waals surface area contributed by atoms with E-state index in [2.05, 4.69) is 92.9 Å². The van der Waals surface area contributed by atoms with Crippen molar-refractivity contribution in [2.45, 2.75) is 59.8 Å². The van der Waals surface area contributed by atoms with Gasteiger partial charge < -0.3 is 19.5 Å². The molecule has 3 aromatic rings. The topological polar surface area (TPSA) is 67.5 Å². The van der Waals surface area contributed by atoms with Crippen LogP contribution in [0.15, 0.2) is 66.5 Å². The number of allylic oxidation sites excluding steroid dienone is 6. The summed E-state index contributed by atoms with van der Waals surface area (Å²) >= 11 is 0. The van der Waals surface area contributed by atoms with Gasteiger partial charge in [-0.3, -0.25) is 4.98 Å². The third kappa shape index (κ3) is 9.58. The molecule has 0 saturated heterocycles. The fourth-order valence-electron chi connectivity index (χ4n) is 4.15. The molecule has 0 radical (unpaired) electrons. The zero-order valence-electron chi connectivity index (χ0n) is 23.4. The SMILES string of the molecule is CC1CCC1.C\C=C(/C=C\C(C)=C\CC)c1ccc2c3cnccc3n(C)c2c1.OCCCOCCO. The van der Waals surface area contributed by atoms with Crippen molar-refractivity contribution in [1.29, 1.82) is 0 Å². The Bertz CT molecular complexity index is 1160. The standard InChI is InChI=1S/C22H24N2.C5H12O3.C5H10/c1-5-7-16(3)8-9-17(6-2)18-10-11-19-20-15-23-13-12-21(20)24(4)22(19)14-18;6-2-1-4-8-5-3-7;1-5-3-2-4-5/h6-15H,5H2,1-4H3;6-7H,1-5H2;5H,2-4H2,1H3/b9-8-,16-7+,17-6+;;. The molecule has 5 nitrogen and oxygen atoms in total. The van der Waals surface area contributed by atoms with Crippen molar-refractivity contribution in [3.8, 4) is 0 Å². The highest BCUT2D eigenvalue weighted by Crippen LogP contribution is 2.30. The second kappa shape index (κ2) is 16.9. The number of fused-ring (bicyclic) bond motifs is 3. The summed E-state index contributed by atoms with van der Waals surface area (Å²) in [4.78, 5) is 4.27. The van der Waals surface area contributed by atoms with E-state index in [1.54, 1.807) is 0 Å². The molecule has 5 heteroatoms. The first-order chi connectivity index (χ1) is 18.0. The molecule has 0 aliphatic heterocycles. The van der Waals surface area contributed by atoms with Crippen molar-refractivity contribution in [2.24, 2.45) is 13.0 Å². The van der Waals surface area contributed by atoms with Gasteiger partial charge in [0.1, 0.15) is 0 Å². The molecule has 1 aromatic carbocycles. The number of nitrogens with zero attached hydrogens (tertiary/aromatic N) is 2. The van der Waals surface area contributed by atoms with Gasteiger partial charge in [0.25, 0.3) is 0 Å². The molecule has 2 N–H and O–H groups in total. The maximum atomic E-state index is 8.22. The van der Waals surface area contributed by atoms with E-state index in [9.17, 15) is 0 Å². The van der Waals surface area contributed by atoms with Crippen LogP contribution in [0.1, 0.15) is 65.4 Å². The summed E-state index contributed by atoms with van der Waals surface area (Å²) in [5.41, 5.74) is 6.24. The van der Waals surface area contributed by atoms with E-state index >= 15 is 0 Å². The molecule has 2 aromatic heterocycles. The van der Waals surface area contributed by atoms with Gasteiger partial charge in [-0.1, -0.05) is 75.1 Å². The largest absolute Gasteiger partial charge is 0.396 e. The Morgan fingerprint density at radius 1 is 1.08 bits per heavy atom. The van der Waals surface area contributed by atoms with Gasteiger partial charge in [-0.15, -0.1) is 0 Å². The number of rotatable bonds is 9. The zero-order chi connectivity index (χ0) is 27.0. The van der Waals surface area contributed by atoms with Crippen molar-refractivity contribution in [3.05, 3.63) is 72.1 Å². The predicted octanol–water partition coefficient (Wildman–Crippen LogP) is 7.23. The lowest BCUT2D eigenvalue weighted by atomic mass is 9.88. The average molecular weight is 507 g/mol. The maximum Gasteiger partial charge on any atom is 0.0697 e. The molecule has 202 valence electrons. The second-order valence-electron chi connectivity index (χ2n) is 9.57. The van der Waals surface area contributed by atoms with Crippen LogP contribution < -0.4 is 0 Å². The van der Waals surface area contributed by atoms with Crippen molar-refractivity contribution in [1.82, 2.24) is 9.55 Å². The summed E-state index contributed by atoms with van der Waals surface area (Å²) in [6.45, 7) is 9.84. The zero-order valence-corrected chi connectivity index (χ0v) is 23.4. The normalized spacial score (nSPS) is 14.4. The molecule has 1 saturated carbocycles. The van der Waals surface area contributed by atoms with Crippen LogP contribution >= 0.6 is 0 Å². The summed E-state index contributed by atoms with van der Waals surface area (Å²) in [7, 11) is 2.12. The smallest absolute Gasteiger partial charge is 0.0697 e. The van der Waals surface area contributed by atoms with Crippen LogP contribution in [0.2, 0.25) is 0 Å². The van der Waals surface area contributed by atoms with E-state index in [0.29, 0.717) is 19.6 Å². The molecule has 0 spiro atoms. The van der Waals surface area contributed by atoms with Crippen LogP contribution in [0.25, 0.3) is 27.4 Å². The molecule has 2 heterocycles. The van der Waals surface area contributed by atoms with Gasteiger partial charge in [-0.25, -0.2) is 0 Å². The van der Waals surface area contributed by atoms with Gasteiger partial charge in [0, 0.05) is 48.9 Å². The molecule has 1 aliphatic rings. The highest BCUT2D eigenvalue weighted by atomic mass is 16.5. The quantitative estimate of drug-likeness (QED) is 0.237. The highest BCUT2D eigenvalue weighted by Gasteiger charge is 2.10. The van der Waals surface area contributed by atoms with E-state index in [1.807, 2.05) is 12.4 Å². The van der Waals surface area contributed by atoms with Crippen LogP contribution in [-0.4, -0.2) is 46.2 Å². The predicted molar refractivity (Wildman–Crippen MR) is 158 cm³/mol. The molecule has 0 bridgehead atoms. The number of aryl methyl sites for hydroxylation is 1. The van der Waals surface area contributed by atoms with E-state index in [-0.39, 0.29) is 13.2 Å². The monoisotopic (exact) mass is 506 g/mol. The van der Waals surface area contributed by atoms with Crippen molar-refractivity contribution >= 4 is 27.4 Å². The van der Waals surface area contributed by atoms with Gasteiger partial charge in [0.05, 0.1) is 18.7 Å². The van der Waals surface area contributed by atoms with Crippen LogP contribution in [0.5, 0.6) is 0 Å². The average Bonchev–Trinajstić information content (AvgIpc) is 3.18. The van der Waals surface area contributed by atoms with Crippen molar-refractivity contribution in [2.75, 3.05) is 26.4 Å². The fraction of sp³-hybridized carbons (Fsp3) is 0.469. The number of hydrogen-bond acceptors (Lipinski definition) is 4. The van der Waals surface area contributed by atoms with Crippen LogP contribution in [0, 0.1) is 5.92 Å². The number of aliphatic hydroxyl groups excluding tert-OH is 2. The third-order valence-electron chi connectivity index (χ3n) is 6.58. The summed E-state index contributed by atoms with van der Waals surface area (Å²) in [6, 6.07) is 8.76. The molecule has 37 heavy (non-hydrogen) atoms. The summed E-state index contributed by atoms with van der Waals surface area (Å²) in [6.07, 6.45) is 18.8. The molecule has 0 unspecified atom stereocenters. The Kier molecular flexibility index (Phi) is 13.9. The first-order valence-electron chi connectivity index (χ1n) is 13.6. The number of hydrogen-bond donors (Lipinski definition) is 2. The molecule has 0 atom stereocenters. The Morgan fingerprint density at radius 2 is 1.84 bits per heavy atom. The van der Waals surface area contributed by atoms with Crippen molar-refractivity contribution < 1.29 is 14.9 Å². The summed E-state index contributed by atoms with van der Waals surface area (Å²) in [5, 5.41) is 18.9. The Labute approximate surface area is 223 Å². The van der Waals surface area contributed by atoms with E-state index < -0.39 is 0 Å². The highest BCUT2D eigenvalue weighted by molar-refractivity contribution is 6.08. The molecule has 0 amide bonds. The van der Waals surface area contributed by atoms with Crippen LogP contribution in [0.3, 0.4) is 0 Å². The first-order valence-corrected chi connectivity index (χ1v) is 13.6. The van der Waals surface area contributed by atoms with Gasteiger partial charge in [0.2, 0.25) is 0 Å². The van der Waals surface area contributed by atoms with Crippen LogP contribution in [0.4, 0.5) is 0 Å². The van der Waals surface area contributed by atoms with E-state index in [1.165, 1.54) is 57.8 Å². The Morgan fingerprint density at radius 3 is 2.43 bits per heavy atom. The Hall–Kier alpha value is -2.73. The molecule has 1 aliphatic carbocycles. The molecule has 1 fully saturated rings. The van der Waals surface area contributed by atoms with Gasteiger partial charge in [-0.2, -0.15) is 0 Å². The summed E-state index contributed by atoms with van der Waals surface area (Å²) in [5.74, 6) is 1.06. The fourth-order valence-corrected chi connectivity index (χ4v) is 4.15. The number of aromatic nitrogens is 2. The minimum absolute atomic E-state index is 0.0609. The first kappa shape index (κ1) is 30.5. The van der Waals surface area contributed by atoms with Crippen molar-refractivity contribution in [3.63, 3.8) is 0 Å². The van der Waals surface area contributed by atoms with Crippen LogP contribution in [-0.2, 0) is 11.8 Å². The lowest BCUT2D eigenvalue weighted by Gasteiger charge is -2.18. The summed E-state index contributed by atoms with van der Waals surface area (Å²) < 4.78 is 7.06. The second-order valence-corrected chi connectivity index (χ2v) is 9.57. The Balaban J connectivity index is 0.000000304. The number of benzene rings is 1. The number of ether oxygens (including phenoxy) is 1. The number of aliphatic hydroxyl groups is 2. The minimum atomic E-state index is 0.0609. The minimum Gasteiger partial charge on any atom is -0.396 e. The molecular formula is C32H46N2O3. The molecule has 4 rings (SSSR count). The molecular weight excluding hydrogens is 460 g/mol. The van der Waals surface area contributed by atoms with E-state index in [0.717, 1.165) is 12.3 Å². The van der Waals surface area contributed by atoms with Gasteiger partial charge in [-0.05, 0) is 55.9 Å². The van der Waals surface area contributed by atoms with Gasteiger partial charge in [0.15, 0.2) is 0 Å². The lowest BCUT2D eigenvalue weighted by molar-refractivity contribution is 0.0816. The maximum absolute atomic E-state index is 8.22. The van der Waals surface area contributed by atoms with E-state index in [4.69, 9.17) is 14.9 Å².